The lowest BCUT2D eigenvalue weighted by molar-refractivity contribution is -0.139. The first kappa shape index (κ1) is 79.9. The molecule has 4 aliphatic rings. The van der Waals surface area contributed by atoms with Crippen LogP contribution in [0.5, 0.6) is 17.2 Å². The van der Waals surface area contributed by atoms with Crippen LogP contribution < -0.4 is 29.9 Å². The molecule has 5 aromatic rings. The number of alkyl halides is 6. The third kappa shape index (κ3) is 19.0. The van der Waals surface area contributed by atoms with Crippen molar-refractivity contribution in [3.63, 3.8) is 0 Å². The van der Waals surface area contributed by atoms with Gasteiger partial charge in [-0.3, -0.25) is 24.0 Å². The van der Waals surface area contributed by atoms with Crippen molar-refractivity contribution in [2.24, 2.45) is 0 Å². The van der Waals surface area contributed by atoms with Gasteiger partial charge in [-0.2, -0.15) is 26.3 Å². The number of carbonyl (C=O) groups is 8. The van der Waals surface area contributed by atoms with Crippen molar-refractivity contribution in [3.05, 3.63) is 148 Å². The summed E-state index contributed by atoms with van der Waals surface area (Å²) in [6.45, 7) is 23.9. The van der Waals surface area contributed by atoms with Crippen LogP contribution in [0, 0.1) is 6.92 Å². The molecule has 22 nitrogen and oxygen atoms in total. The van der Waals surface area contributed by atoms with Gasteiger partial charge in [0.15, 0.2) is 0 Å². The number of likely N-dealkylation sites (tertiary alicyclic amines) is 2. The summed E-state index contributed by atoms with van der Waals surface area (Å²) in [6.07, 6.45) is -9.80. The second-order valence-corrected chi connectivity index (χ2v) is 29.1. The van der Waals surface area contributed by atoms with E-state index in [0.717, 1.165) is 35.4 Å². The molecule has 0 aromatic heterocycles. The maximum atomic E-state index is 15.0. The van der Waals surface area contributed by atoms with E-state index in [9.17, 15) is 56.6 Å². The number of rotatable bonds is 17. The van der Waals surface area contributed by atoms with Crippen LogP contribution in [0.15, 0.2) is 103 Å². The van der Waals surface area contributed by atoms with Gasteiger partial charge < -0.3 is 68.8 Å². The van der Waals surface area contributed by atoms with Crippen molar-refractivity contribution in [2.45, 2.75) is 195 Å². The number of ether oxygens (including phenoxy) is 5. The molecule has 0 bridgehead atoms. The molecule has 2 unspecified atom stereocenters. The van der Waals surface area contributed by atoms with Crippen LogP contribution >= 0.6 is 0 Å². The number of piperidine rings is 2. The number of phenols is 1. The maximum absolute atomic E-state index is 15.0. The lowest BCUT2D eigenvalue weighted by atomic mass is 9.90. The number of aromatic hydroxyl groups is 1. The minimum Gasteiger partial charge on any atom is -0.508 e. The number of hydrogen-bond donors (Lipinski definition) is 3. The Morgan fingerprint density at radius 1 is 0.606 bits per heavy atom. The SMILES string of the molecule is CCC(=O)NCCN1C(=O)C(C)(c2cccc(O)c2)Oc2cc(C(F)(F)F)c(C(=O)N(C(C)C)[C@@H]3CCCN(C(=O)OC(C)(C)C)C3)cc21.Cc1cccc(C2(C)Oc3cc(C(F)(F)F)c(C(=O)N(C(C)C)[C@@H]4CCCN(C(=O)OC(C)(C)C)C4)cc3N(CCNC(=O)OCc3ccccc3)C2=O)c1. The molecule has 4 heterocycles. The highest BCUT2D eigenvalue weighted by Gasteiger charge is 2.52. The molecule has 28 heteroatoms. The van der Waals surface area contributed by atoms with Crippen LogP contribution in [0.1, 0.15) is 176 Å². The summed E-state index contributed by atoms with van der Waals surface area (Å²) < 4.78 is 118. The largest absolute Gasteiger partial charge is 0.508 e. The van der Waals surface area contributed by atoms with Crippen molar-refractivity contribution in [3.8, 4) is 17.2 Å². The minimum atomic E-state index is -5.00. The quantitative estimate of drug-likeness (QED) is 0.0579. The van der Waals surface area contributed by atoms with E-state index in [1.54, 1.807) is 119 Å². The molecule has 5 aromatic carbocycles. The summed E-state index contributed by atoms with van der Waals surface area (Å²) in [4.78, 5) is 116. The molecule has 104 heavy (non-hydrogen) atoms. The predicted molar refractivity (Wildman–Crippen MR) is 375 cm³/mol. The average Bonchev–Trinajstić information content (AvgIpc) is 0.736. The van der Waals surface area contributed by atoms with Gasteiger partial charge in [-0.15, -0.1) is 0 Å². The van der Waals surface area contributed by atoms with Gasteiger partial charge in [-0.25, -0.2) is 14.4 Å². The van der Waals surface area contributed by atoms with Gasteiger partial charge in [0.2, 0.25) is 17.1 Å². The number of halogens is 6. The number of amides is 8. The highest BCUT2D eigenvalue weighted by atomic mass is 19.4. The number of carbonyl (C=O) groups excluding carboxylic acids is 8. The van der Waals surface area contributed by atoms with Gasteiger partial charge in [0.1, 0.15) is 35.1 Å². The molecule has 0 spiro atoms. The van der Waals surface area contributed by atoms with E-state index in [2.05, 4.69) is 10.6 Å². The highest BCUT2D eigenvalue weighted by molar-refractivity contribution is 6.07. The van der Waals surface area contributed by atoms with E-state index in [-0.39, 0.29) is 92.4 Å². The topological polar surface area (TPSA) is 246 Å². The number of nitrogens with zero attached hydrogens (tertiary/aromatic N) is 6. The Labute approximate surface area is 602 Å². The first-order valence-electron chi connectivity index (χ1n) is 34.8. The molecular formula is C76H94F6N8O14. The van der Waals surface area contributed by atoms with Crippen LogP contribution in [0.25, 0.3) is 0 Å². The van der Waals surface area contributed by atoms with Crippen molar-refractivity contribution < 1.29 is 93.5 Å². The first-order valence-corrected chi connectivity index (χ1v) is 34.8. The van der Waals surface area contributed by atoms with E-state index in [1.807, 2.05) is 19.1 Å². The number of nitrogens with one attached hydrogen (secondary N) is 2. The van der Waals surface area contributed by atoms with Gasteiger partial charge >= 0.3 is 30.6 Å². The number of alkyl carbamates (subject to hydrolysis) is 1. The lowest BCUT2D eigenvalue weighted by Crippen LogP contribution is -2.55. The molecule has 3 N–H and O–H groups in total. The fourth-order valence-electron chi connectivity index (χ4n) is 13.1. The Morgan fingerprint density at radius 2 is 1.04 bits per heavy atom. The van der Waals surface area contributed by atoms with Gasteiger partial charge in [0.05, 0.1) is 45.7 Å². The number of anilines is 2. The van der Waals surface area contributed by atoms with Gasteiger partial charge in [-0.05, 0) is 158 Å². The molecule has 2 saturated heterocycles. The second-order valence-electron chi connectivity index (χ2n) is 29.1. The Kier molecular flexibility index (Phi) is 24.7. The maximum Gasteiger partial charge on any atom is 0.417 e. The van der Waals surface area contributed by atoms with Crippen LogP contribution in [-0.4, -0.2) is 160 Å². The summed E-state index contributed by atoms with van der Waals surface area (Å²) in [5.74, 6) is -4.15. The summed E-state index contributed by atoms with van der Waals surface area (Å²) in [6, 6.07) is 22.8. The van der Waals surface area contributed by atoms with E-state index in [0.29, 0.717) is 44.3 Å². The first-order chi connectivity index (χ1) is 48.5. The van der Waals surface area contributed by atoms with E-state index < -0.39 is 123 Å². The minimum absolute atomic E-state index is 0.00594. The van der Waals surface area contributed by atoms with Crippen LogP contribution in [0.2, 0.25) is 0 Å². The van der Waals surface area contributed by atoms with Crippen molar-refractivity contribution in [1.82, 2.24) is 30.2 Å². The smallest absolute Gasteiger partial charge is 0.417 e. The Morgan fingerprint density at radius 3 is 1.44 bits per heavy atom. The predicted octanol–water partition coefficient (Wildman–Crippen LogP) is 13.7. The summed E-state index contributed by atoms with van der Waals surface area (Å²) >= 11 is 0. The third-order valence-corrected chi connectivity index (χ3v) is 18.0. The number of fused-ring (bicyclic) bond motifs is 2. The third-order valence-electron chi connectivity index (χ3n) is 18.0. The summed E-state index contributed by atoms with van der Waals surface area (Å²) in [7, 11) is 0. The monoisotopic (exact) mass is 1460 g/mol. The molecule has 4 aliphatic heterocycles. The number of benzene rings is 5. The normalized spacial score (nSPS) is 19.1. The molecule has 0 saturated carbocycles. The van der Waals surface area contributed by atoms with E-state index in [1.165, 1.54) is 67.5 Å². The van der Waals surface area contributed by atoms with Gasteiger partial charge in [0, 0.05) is 82.0 Å². The second kappa shape index (κ2) is 32.1. The molecule has 0 aliphatic carbocycles. The van der Waals surface area contributed by atoms with Crippen LogP contribution in [-0.2, 0) is 58.8 Å². The van der Waals surface area contributed by atoms with Gasteiger partial charge in [-0.1, -0.05) is 79.2 Å². The fraction of sp³-hybridized carbons (Fsp3) is 0.500. The zero-order chi connectivity index (χ0) is 76.8. The molecule has 564 valence electrons. The average molecular weight is 1460 g/mol. The Bertz CT molecular complexity index is 3990. The standard InChI is InChI=1S/C41H49F3N4O7.C35H45F3N4O7/c1-26(2)48(30-17-12-19-46(24-30)38(52)55-39(4,5)6)35(49)31-22-33-34(23-32(31)41(42,43)44)54-40(7,29-16-11-13-27(3)21-29)36(50)47(33)20-18-45-37(51)53-25-28-14-9-8-10-15-28;1-8-29(44)39-14-16-41-27-18-25(30(45)42(21(2)3)23-12-10-15-40(20-23)32(47)49-33(4,5)6)26(35(36,37)38)19-28(27)48-34(7,31(41)46)22-11-9-13-24(43)17-22/h8-11,13-16,21-23,26,30H,12,17-20,24-25H2,1-7H3,(H,45,51);9,11,13,17-19,21,23,43H,8,10,12,14-16,20H2,1-7H3,(H,39,44)/t30-,40?;23-,34?/m11/s1. The van der Waals surface area contributed by atoms with Gasteiger partial charge in [0.25, 0.3) is 23.6 Å². The fourth-order valence-corrected chi connectivity index (χ4v) is 13.1. The Hall–Kier alpha value is -9.76. The summed E-state index contributed by atoms with van der Waals surface area (Å²) in [5, 5.41) is 15.4. The molecular weight excluding hydrogens is 1360 g/mol. The molecule has 9 rings (SSSR count). The highest BCUT2D eigenvalue weighted by Crippen LogP contribution is 2.49. The van der Waals surface area contributed by atoms with Crippen molar-refractivity contribution >= 4 is 59.2 Å². The van der Waals surface area contributed by atoms with E-state index >= 15 is 13.2 Å². The van der Waals surface area contributed by atoms with Crippen molar-refractivity contribution in [1.29, 1.82) is 0 Å². The number of hydrogen-bond acceptors (Lipinski definition) is 14. The zero-order valence-corrected chi connectivity index (χ0v) is 61.2. The molecule has 4 atom stereocenters. The van der Waals surface area contributed by atoms with E-state index in [4.69, 9.17) is 23.7 Å². The Balaban J connectivity index is 0.000000265. The summed E-state index contributed by atoms with van der Waals surface area (Å²) in [5.41, 5.74) is -6.95. The van der Waals surface area contributed by atoms with Crippen LogP contribution in [0.4, 0.5) is 52.1 Å². The number of phenolic OH excluding ortho intramolecular Hbond substituents is 1. The molecule has 0 radical (unpaired) electrons. The number of aryl methyl sites for hydroxylation is 1. The zero-order valence-electron chi connectivity index (χ0n) is 61.2. The molecule has 2 fully saturated rings. The lowest BCUT2D eigenvalue weighted by Gasteiger charge is -2.43. The van der Waals surface area contributed by atoms with Crippen molar-refractivity contribution in [2.75, 3.05) is 62.2 Å². The van der Waals surface area contributed by atoms with Crippen LogP contribution in [0.3, 0.4) is 0 Å². The molecule has 8 amide bonds.